The molecule has 0 radical (unpaired) electrons. The van der Waals surface area contributed by atoms with Crippen molar-refractivity contribution in [2.24, 2.45) is 0 Å². The number of benzene rings is 1. The minimum atomic E-state index is -0.0892. The van der Waals surface area contributed by atoms with Gasteiger partial charge >= 0.3 is 0 Å². The number of H-pyrrole nitrogens is 1. The van der Waals surface area contributed by atoms with E-state index in [2.05, 4.69) is 18.8 Å². The van der Waals surface area contributed by atoms with Crippen molar-refractivity contribution in [1.29, 1.82) is 0 Å². The van der Waals surface area contributed by atoms with Crippen LogP contribution in [0.25, 0.3) is 10.9 Å². The fourth-order valence-electron chi connectivity index (χ4n) is 2.29. The van der Waals surface area contributed by atoms with Crippen LogP contribution in [0, 0.1) is 5.82 Å². The number of hydrogen-bond donors (Lipinski definition) is 1. The van der Waals surface area contributed by atoms with E-state index in [9.17, 15) is 4.39 Å². The Hall–Kier alpha value is -1.31. The summed E-state index contributed by atoms with van der Waals surface area (Å²) in [5.41, 5.74) is 2.83. The van der Waals surface area contributed by atoms with Gasteiger partial charge in [-0.05, 0) is 29.5 Å². The van der Waals surface area contributed by atoms with Gasteiger partial charge in [-0.1, -0.05) is 27.7 Å². The number of nitrogens with one attached hydrogen (secondary N) is 1. The maximum Gasteiger partial charge on any atom is 0.129 e. The Labute approximate surface area is 95.7 Å². The highest BCUT2D eigenvalue weighted by Gasteiger charge is 2.16. The molecule has 0 saturated heterocycles. The molecule has 86 valence electrons. The van der Waals surface area contributed by atoms with Crippen LogP contribution in [0.4, 0.5) is 4.39 Å². The highest BCUT2D eigenvalue weighted by molar-refractivity contribution is 5.87. The molecule has 0 saturated carbocycles. The molecule has 0 spiro atoms. The fourth-order valence-corrected chi connectivity index (χ4v) is 2.29. The normalized spacial score (nSPS) is 11.9. The number of fused-ring (bicyclic) bond motifs is 1. The average molecular weight is 219 g/mol. The fraction of sp³-hybridized carbons (Fsp3) is 0.429. The van der Waals surface area contributed by atoms with E-state index in [-0.39, 0.29) is 11.7 Å². The Kier molecular flexibility index (Phi) is 2.75. The number of halogens is 1. The summed E-state index contributed by atoms with van der Waals surface area (Å²) in [6.45, 7) is 8.23. The Balaban J connectivity index is 2.81. The number of hydrogen-bond acceptors (Lipinski definition) is 0. The second-order valence-corrected chi connectivity index (χ2v) is 4.94. The third-order valence-electron chi connectivity index (χ3n) is 3.07. The second-order valence-electron chi connectivity index (χ2n) is 4.94. The van der Waals surface area contributed by atoms with E-state index >= 15 is 0 Å². The van der Waals surface area contributed by atoms with Crippen LogP contribution in [-0.2, 0) is 0 Å². The van der Waals surface area contributed by atoms with Crippen molar-refractivity contribution < 1.29 is 4.39 Å². The Morgan fingerprint density at radius 1 is 1.12 bits per heavy atom. The van der Waals surface area contributed by atoms with Crippen molar-refractivity contribution in [2.45, 2.75) is 39.5 Å². The maximum atomic E-state index is 14.0. The van der Waals surface area contributed by atoms with E-state index < -0.39 is 0 Å². The van der Waals surface area contributed by atoms with Gasteiger partial charge in [0, 0.05) is 17.1 Å². The minimum absolute atomic E-state index is 0.0892. The molecule has 2 rings (SSSR count). The van der Waals surface area contributed by atoms with Crippen LogP contribution in [0.2, 0.25) is 0 Å². The van der Waals surface area contributed by atoms with E-state index in [1.807, 2.05) is 26.1 Å². The zero-order valence-corrected chi connectivity index (χ0v) is 10.3. The van der Waals surface area contributed by atoms with Crippen LogP contribution in [0.15, 0.2) is 18.3 Å². The van der Waals surface area contributed by atoms with Crippen LogP contribution < -0.4 is 0 Å². The first-order valence-electron chi connectivity index (χ1n) is 5.81. The van der Waals surface area contributed by atoms with Gasteiger partial charge in [0.2, 0.25) is 0 Å². The zero-order valence-electron chi connectivity index (χ0n) is 10.3. The van der Waals surface area contributed by atoms with Gasteiger partial charge < -0.3 is 4.98 Å². The lowest BCUT2D eigenvalue weighted by Crippen LogP contribution is -1.99. The third kappa shape index (κ3) is 1.62. The first kappa shape index (κ1) is 11.2. The summed E-state index contributed by atoms with van der Waals surface area (Å²) in [6, 6.07) is 3.73. The van der Waals surface area contributed by atoms with Crippen molar-refractivity contribution in [3.05, 3.63) is 35.3 Å². The van der Waals surface area contributed by atoms with Crippen LogP contribution >= 0.6 is 0 Å². The summed E-state index contributed by atoms with van der Waals surface area (Å²) in [4.78, 5) is 3.17. The number of rotatable bonds is 2. The van der Waals surface area contributed by atoms with Crippen molar-refractivity contribution in [1.82, 2.24) is 4.98 Å². The topological polar surface area (TPSA) is 15.8 Å². The highest BCUT2D eigenvalue weighted by Crippen LogP contribution is 2.33. The molecule has 0 unspecified atom stereocenters. The minimum Gasteiger partial charge on any atom is -0.361 e. The summed E-state index contributed by atoms with van der Waals surface area (Å²) in [7, 11) is 0. The summed E-state index contributed by atoms with van der Waals surface area (Å²) in [5.74, 6) is 0.449. The molecule has 1 N–H and O–H groups in total. The van der Waals surface area contributed by atoms with Gasteiger partial charge in [0.15, 0.2) is 0 Å². The van der Waals surface area contributed by atoms with Gasteiger partial charge in [-0.25, -0.2) is 4.39 Å². The molecule has 0 atom stereocenters. The van der Waals surface area contributed by atoms with Gasteiger partial charge in [-0.3, -0.25) is 0 Å². The smallest absolute Gasteiger partial charge is 0.129 e. The molecule has 0 aliphatic rings. The molecule has 16 heavy (non-hydrogen) atoms. The second kappa shape index (κ2) is 3.93. The predicted molar refractivity (Wildman–Crippen MR) is 66.4 cm³/mol. The van der Waals surface area contributed by atoms with Gasteiger partial charge in [0.1, 0.15) is 5.82 Å². The standard InChI is InChI=1S/C14H18FN/c1-8(2)11-7-12(15)13(9(3)4)14-10(11)5-6-16-14/h5-9,16H,1-4H3. The Bertz CT molecular complexity index is 509. The quantitative estimate of drug-likeness (QED) is 0.762. The molecule has 1 aromatic heterocycles. The lowest BCUT2D eigenvalue weighted by molar-refractivity contribution is 0.598. The van der Waals surface area contributed by atoms with Crippen LogP contribution in [0.1, 0.15) is 50.7 Å². The van der Waals surface area contributed by atoms with Crippen molar-refractivity contribution in [3.63, 3.8) is 0 Å². The SMILES string of the molecule is CC(C)c1cc(F)c(C(C)C)c2[nH]ccc12. The predicted octanol–water partition coefficient (Wildman–Crippen LogP) is 4.55. The molecule has 0 aliphatic carbocycles. The van der Waals surface area contributed by atoms with E-state index in [4.69, 9.17) is 0 Å². The lowest BCUT2D eigenvalue weighted by Gasteiger charge is -2.14. The molecule has 1 nitrogen and oxygen atoms in total. The molecule has 0 fully saturated rings. The first-order valence-corrected chi connectivity index (χ1v) is 5.81. The summed E-state index contributed by atoms with van der Waals surface area (Å²) in [6.07, 6.45) is 1.89. The monoisotopic (exact) mass is 219 g/mol. The maximum absolute atomic E-state index is 14.0. The molecule has 2 aromatic rings. The summed E-state index contributed by atoms with van der Waals surface area (Å²) >= 11 is 0. The lowest BCUT2D eigenvalue weighted by atomic mass is 9.92. The van der Waals surface area contributed by atoms with E-state index in [1.165, 1.54) is 0 Å². The van der Waals surface area contributed by atoms with E-state index in [0.29, 0.717) is 5.92 Å². The van der Waals surface area contributed by atoms with Crippen molar-refractivity contribution >= 4 is 10.9 Å². The molecule has 0 bridgehead atoms. The third-order valence-corrected chi connectivity index (χ3v) is 3.07. The zero-order chi connectivity index (χ0) is 11.9. The van der Waals surface area contributed by atoms with Gasteiger partial charge in [0.05, 0.1) is 5.52 Å². The molecule has 1 aromatic carbocycles. The number of aromatic amines is 1. The summed E-state index contributed by atoms with van der Waals surface area (Å²) in [5, 5.41) is 1.15. The van der Waals surface area contributed by atoms with Gasteiger partial charge in [-0.2, -0.15) is 0 Å². The van der Waals surface area contributed by atoms with Crippen molar-refractivity contribution in [3.8, 4) is 0 Å². The molecular formula is C14H18FN. The van der Waals surface area contributed by atoms with Crippen LogP contribution in [0.5, 0.6) is 0 Å². The number of aromatic nitrogens is 1. The molecule has 0 amide bonds. The van der Waals surface area contributed by atoms with Crippen LogP contribution in [0.3, 0.4) is 0 Å². The van der Waals surface area contributed by atoms with Gasteiger partial charge in [0.25, 0.3) is 0 Å². The molecular weight excluding hydrogens is 201 g/mol. The van der Waals surface area contributed by atoms with E-state index in [1.54, 1.807) is 6.07 Å². The molecule has 2 heteroatoms. The largest absolute Gasteiger partial charge is 0.361 e. The average Bonchev–Trinajstić information content (AvgIpc) is 2.63. The first-order chi connectivity index (χ1) is 7.52. The van der Waals surface area contributed by atoms with E-state index in [0.717, 1.165) is 22.0 Å². The Morgan fingerprint density at radius 2 is 1.81 bits per heavy atom. The summed E-state index contributed by atoms with van der Waals surface area (Å²) < 4.78 is 14.0. The molecule has 1 heterocycles. The van der Waals surface area contributed by atoms with Gasteiger partial charge in [-0.15, -0.1) is 0 Å². The highest BCUT2D eigenvalue weighted by atomic mass is 19.1. The molecule has 0 aliphatic heterocycles. The van der Waals surface area contributed by atoms with Crippen molar-refractivity contribution in [2.75, 3.05) is 0 Å². The Morgan fingerprint density at radius 3 is 2.38 bits per heavy atom. The van der Waals surface area contributed by atoms with Crippen LogP contribution in [-0.4, -0.2) is 4.98 Å².